The molecule has 3 heterocycles. The number of hydrogen-bond acceptors (Lipinski definition) is 5. The summed E-state index contributed by atoms with van der Waals surface area (Å²) in [6.45, 7) is 5.94. The third kappa shape index (κ3) is 4.93. The molecule has 1 aromatic rings. The summed E-state index contributed by atoms with van der Waals surface area (Å²) in [5.41, 5.74) is 1.04. The number of hydrogen-bond donors (Lipinski definition) is 0. The summed E-state index contributed by atoms with van der Waals surface area (Å²) in [6, 6.07) is 5.94. The highest BCUT2D eigenvalue weighted by atomic mass is 16.8. The van der Waals surface area contributed by atoms with Gasteiger partial charge in [0.1, 0.15) is 6.10 Å². The Morgan fingerprint density at radius 2 is 1.93 bits per heavy atom. The van der Waals surface area contributed by atoms with Crippen molar-refractivity contribution in [3.63, 3.8) is 0 Å². The smallest absolute Gasteiger partial charge is 0.246 e. The summed E-state index contributed by atoms with van der Waals surface area (Å²) < 4.78 is 23.3. The van der Waals surface area contributed by atoms with Crippen molar-refractivity contribution in [1.29, 1.82) is 0 Å². The van der Waals surface area contributed by atoms with Crippen molar-refractivity contribution in [2.75, 3.05) is 19.9 Å². The van der Waals surface area contributed by atoms with Crippen LogP contribution in [0.5, 0.6) is 11.5 Å². The number of rotatable bonds is 6. The highest BCUT2D eigenvalue weighted by Gasteiger charge is 2.42. The van der Waals surface area contributed by atoms with Crippen LogP contribution in [0.2, 0.25) is 0 Å². The van der Waals surface area contributed by atoms with E-state index < -0.39 is 5.79 Å². The SMILES string of the molecule is CC1(C)O[C@H](c2ccc3c(c2)OCO3)[C@@H](CCC/C=C/C(=O)N2CCCCC2)O1. The lowest BCUT2D eigenvalue weighted by molar-refractivity contribution is -0.147. The molecule has 0 bridgehead atoms. The van der Waals surface area contributed by atoms with Crippen molar-refractivity contribution >= 4 is 5.91 Å². The van der Waals surface area contributed by atoms with Gasteiger partial charge in [0.15, 0.2) is 17.3 Å². The van der Waals surface area contributed by atoms with Crippen molar-refractivity contribution in [2.45, 2.75) is 70.4 Å². The van der Waals surface area contributed by atoms with E-state index in [0.29, 0.717) is 0 Å². The summed E-state index contributed by atoms with van der Waals surface area (Å²) in [5, 5.41) is 0. The molecule has 2 saturated heterocycles. The number of carbonyl (C=O) groups is 1. The van der Waals surface area contributed by atoms with Crippen molar-refractivity contribution in [2.24, 2.45) is 0 Å². The van der Waals surface area contributed by atoms with Crippen LogP contribution in [0.1, 0.15) is 64.0 Å². The molecule has 0 aliphatic carbocycles. The average molecular weight is 402 g/mol. The maximum Gasteiger partial charge on any atom is 0.246 e. The minimum Gasteiger partial charge on any atom is -0.454 e. The zero-order valence-electron chi connectivity index (χ0n) is 17.4. The van der Waals surface area contributed by atoms with E-state index in [2.05, 4.69) is 0 Å². The zero-order chi connectivity index (χ0) is 20.3. The summed E-state index contributed by atoms with van der Waals surface area (Å²) in [5.74, 6) is 1.05. The van der Waals surface area contributed by atoms with Crippen LogP contribution < -0.4 is 9.47 Å². The molecule has 3 aliphatic rings. The molecule has 3 aliphatic heterocycles. The second-order valence-corrected chi connectivity index (χ2v) is 8.43. The predicted molar refractivity (Wildman–Crippen MR) is 109 cm³/mol. The van der Waals surface area contributed by atoms with Gasteiger partial charge in [-0.2, -0.15) is 0 Å². The molecule has 0 saturated carbocycles. The van der Waals surface area contributed by atoms with Crippen molar-refractivity contribution in [3.8, 4) is 11.5 Å². The van der Waals surface area contributed by atoms with Gasteiger partial charge in [-0.1, -0.05) is 12.1 Å². The number of ether oxygens (including phenoxy) is 4. The van der Waals surface area contributed by atoms with Crippen LogP contribution in [0.15, 0.2) is 30.4 Å². The van der Waals surface area contributed by atoms with Gasteiger partial charge in [0.2, 0.25) is 12.7 Å². The van der Waals surface area contributed by atoms with Crippen LogP contribution in [0.25, 0.3) is 0 Å². The number of amides is 1. The standard InChI is InChI=1S/C23H31NO5/c1-23(2)28-19(9-5-3-6-10-21(25)24-13-7-4-8-14-24)22(29-23)17-11-12-18-20(15-17)27-16-26-18/h6,10-12,15,19,22H,3-5,7-9,13-14,16H2,1-2H3/b10-6+/t19-,22-/m1/s1. The molecule has 158 valence electrons. The number of unbranched alkanes of at least 4 members (excludes halogenated alkanes) is 1. The fourth-order valence-electron chi connectivity index (χ4n) is 4.26. The monoisotopic (exact) mass is 401 g/mol. The topological polar surface area (TPSA) is 57.2 Å². The Hall–Kier alpha value is -2.05. The Morgan fingerprint density at radius 3 is 2.76 bits per heavy atom. The van der Waals surface area contributed by atoms with E-state index in [1.165, 1.54) is 6.42 Å². The first-order valence-corrected chi connectivity index (χ1v) is 10.7. The minimum atomic E-state index is -0.619. The number of carbonyl (C=O) groups excluding carboxylic acids is 1. The molecule has 0 aromatic heterocycles. The molecule has 6 nitrogen and oxygen atoms in total. The highest BCUT2D eigenvalue weighted by Crippen LogP contribution is 2.43. The lowest BCUT2D eigenvalue weighted by atomic mass is 9.99. The molecule has 29 heavy (non-hydrogen) atoms. The molecule has 0 spiro atoms. The summed E-state index contributed by atoms with van der Waals surface area (Å²) in [4.78, 5) is 14.2. The van der Waals surface area contributed by atoms with Gasteiger partial charge in [-0.3, -0.25) is 4.79 Å². The first kappa shape index (κ1) is 20.2. The number of nitrogens with zero attached hydrogens (tertiary/aromatic N) is 1. The van der Waals surface area contributed by atoms with Crippen molar-refractivity contribution in [3.05, 3.63) is 35.9 Å². The Bertz CT molecular complexity index is 754. The Labute approximate surface area is 172 Å². The molecule has 4 rings (SSSR count). The molecule has 1 amide bonds. The molecule has 0 N–H and O–H groups in total. The summed E-state index contributed by atoms with van der Waals surface area (Å²) >= 11 is 0. The normalized spacial score (nSPS) is 25.7. The molecule has 1 aromatic carbocycles. The molecule has 6 heteroatoms. The Balaban J connectivity index is 1.31. The third-order valence-electron chi connectivity index (χ3n) is 5.70. The van der Waals surface area contributed by atoms with Crippen LogP contribution in [0.4, 0.5) is 0 Å². The van der Waals surface area contributed by atoms with E-state index in [-0.39, 0.29) is 24.9 Å². The summed E-state index contributed by atoms with van der Waals surface area (Å²) in [6.07, 6.45) is 9.69. The summed E-state index contributed by atoms with van der Waals surface area (Å²) in [7, 11) is 0. The largest absolute Gasteiger partial charge is 0.454 e. The molecular weight excluding hydrogens is 370 g/mol. The molecular formula is C23H31NO5. The van der Waals surface area contributed by atoms with Gasteiger partial charge in [0, 0.05) is 13.1 Å². The Morgan fingerprint density at radius 1 is 1.14 bits per heavy atom. The lowest BCUT2D eigenvalue weighted by Gasteiger charge is -2.25. The van der Waals surface area contributed by atoms with Gasteiger partial charge in [-0.15, -0.1) is 0 Å². The van der Waals surface area contributed by atoms with E-state index in [1.807, 2.05) is 43.0 Å². The van der Waals surface area contributed by atoms with E-state index in [1.54, 1.807) is 6.08 Å². The van der Waals surface area contributed by atoms with E-state index in [0.717, 1.165) is 62.3 Å². The van der Waals surface area contributed by atoms with Crippen LogP contribution in [-0.4, -0.2) is 42.6 Å². The van der Waals surface area contributed by atoms with Gasteiger partial charge in [-0.05, 0) is 76.1 Å². The Kier molecular flexibility index (Phi) is 6.11. The second-order valence-electron chi connectivity index (χ2n) is 8.43. The van der Waals surface area contributed by atoms with E-state index in [9.17, 15) is 4.79 Å². The fourth-order valence-corrected chi connectivity index (χ4v) is 4.26. The van der Waals surface area contributed by atoms with Crippen LogP contribution in [0.3, 0.4) is 0 Å². The minimum absolute atomic E-state index is 0.0310. The highest BCUT2D eigenvalue weighted by molar-refractivity contribution is 5.87. The van der Waals surface area contributed by atoms with Crippen LogP contribution in [0, 0.1) is 0 Å². The lowest BCUT2D eigenvalue weighted by Crippen LogP contribution is -2.34. The fraction of sp³-hybridized carbons (Fsp3) is 0.609. The van der Waals surface area contributed by atoms with Gasteiger partial charge in [0.05, 0.1) is 6.10 Å². The van der Waals surface area contributed by atoms with Gasteiger partial charge in [0.25, 0.3) is 0 Å². The third-order valence-corrected chi connectivity index (χ3v) is 5.70. The maximum atomic E-state index is 12.2. The maximum absolute atomic E-state index is 12.2. The van der Waals surface area contributed by atoms with Gasteiger partial charge in [-0.25, -0.2) is 0 Å². The molecule has 0 radical (unpaired) electrons. The van der Waals surface area contributed by atoms with E-state index >= 15 is 0 Å². The molecule has 0 unspecified atom stereocenters. The van der Waals surface area contributed by atoms with Crippen molar-refractivity contribution < 1.29 is 23.7 Å². The number of benzene rings is 1. The quantitative estimate of drug-likeness (QED) is 0.524. The first-order valence-electron chi connectivity index (χ1n) is 10.7. The molecule has 2 atom stereocenters. The molecule has 2 fully saturated rings. The van der Waals surface area contributed by atoms with Crippen LogP contribution >= 0.6 is 0 Å². The van der Waals surface area contributed by atoms with Crippen molar-refractivity contribution in [1.82, 2.24) is 4.90 Å². The first-order chi connectivity index (χ1) is 14.0. The number of likely N-dealkylation sites (tertiary alicyclic amines) is 1. The average Bonchev–Trinajstić information content (AvgIpc) is 3.31. The number of piperidine rings is 1. The number of fused-ring (bicyclic) bond motifs is 1. The van der Waals surface area contributed by atoms with Gasteiger partial charge >= 0.3 is 0 Å². The van der Waals surface area contributed by atoms with Crippen LogP contribution in [-0.2, 0) is 14.3 Å². The number of allylic oxidation sites excluding steroid dienone is 1. The predicted octanol–water partition coefficient (Wildman–Crippen LogP) is 4.35. The zero-order valence-corrected chi connectivity index (χ0v) is 17.4. The van der Waals surface area contributed by atoms with Gasteiger partial charge < -0.3 is 23.8 Å². The second kappa shape index (κ2) is 8.76. The van der Waals surface area contributed by atoms with E-state index in [4.69, 9.17) is 18.9 Å².